The fraction of sp³-hybridized carbons (Fsp3) is 0.364. The Balaban J connectivity index is 2.64. The van der Waals surface area contributed by atoms with Crippen LogP contribution in [0.25, 0.3) is 0 Å². The molecule has 4 N–H and O–H groups in total. The zero-order chi connectivity index (χ0) is 16.0. The lowest BCUT2D eigenvalue weighted by atomic mass is 10.0. The molecule has 0 aromatic heterocycles. The Bertz CT molecular complexity index is 581. The molecule has 1 aromatic rings. The highest BCUT2D eigenvalue weighted by molar-refractivity contribution is 6.04. The van der Waals surface area contributed by atoms with Crippen LogP contribution in [0.1, 0.15) is 11.1 Å². The van der Waals surface area contributed by atoms with Crippen LogP contribution in [0.15, 0.2) is 12.1 Å². The summed E-state index contributed by atoms with van der Waals surface area (Å²) in [5.41, 5.74) is 1.02. The SMILES string of the molecule is NCC1Nc2c(cc(C(F)(F)F)cc2C(F)(F)F)NC1=O. The van der Waals surface area contributed by atoms with Crippen LogP contribution < -0.4 is 16.4 Å². The summed E-state index contributed by atoms with van der Waals surface area (Å²) in [7, 11) is 0. The maximum Gasteiger partial charge on any atom is 0.418 e. The first-order chi connectivity index (χ1) is 9.54. The van der Waals surface area contributed by atoms with Gasteiger partial charge in [-0.3, -0.25) is 4.79 Å². The Morgan fingerprint density at radius 2 is 1.71 bits per heavy atom. The minimum atomic E-state index is -5.01. The van der Waals surface area contributed by atoms with E-state index < -0.39 is 46.8 Å². The number of anilines is 2. The summed E-state index contributed by atoms with van der Waals surface area (Å²) in [6.45, 7) is -0.302. The van der Waals surface area contributed by atoms with E-state index in [4.69, 9.17) is 5.73 Å². The molecule has 0 spiro atoms. The van der Waals surface area contributed by atoms with Gasteiger partial charge in [0.25, 0.3) is 0 Å². The second kappa shape index (κ2) is 4.79. The molecular formula is C11H9F6N3O. The van der Waals surface area contributed by atoms with E-state index in [0.29, 0.717) is 6.07 Å². The summed E-state index contributed by atoms with van der Waals surface area (Å²) in [6, 6.07) is -0.700. The van der Waals surface area contributed by atoms with Crippen LogP contribution in [0.4, 0.5) is 37.7 Å². The van der Waals surface area contributed by atoms with Crippen molar-refractivity contribution >= 4 is 17.3 Å². The van der Waals surface area contributed by atoms with Crippen molar-refractivity contribution in [3.05, 3.63) is 23.3 Å². The third kappa shape index (κ3) is 2.89. The van der Waals surface area contributed by atoms with Crippen molar-refractivity contribution in [2.75, 3.05) is 17.2 Å². The number of alkyl halides is 6. The summed E-state index contributed by atoms with van der Waals surface area (Å²) in [5.74, 6) is -0.794. The molecular weight excluding hydrogens is 304 g/mol. The molecule has 0 bridgehead atoms. The quantitative estimate of drug-likeness (QED) is 0.698. The first kappa shape index (κ1) is 15.4. The molecule has 0 saturated carbocycles. The molecule has 0 fully saturated rings. The number of nitrogens with one attached hydrogen (secondary N) is 2. The topological polar surface area (TPSA) is 67.2 Å². The van der Waals surface area contributed by atoms with E-state index in [-0.39, 0.29) is 12.6 Å². The third-order valence-corrected chi connectivity index (χ3v) is 2.90. The van der Waals surface area contributed by atoms with Crippen molar-refractivity contribution in [3.63, 3.8) is 0 Å². The summed E-state index contributed by atoms with van der Waals surface area (Å²) < 4.78 is 76.7. The maximum absolute atomic E-state index is 12.9. The summed E-state index contributed by atoms with van der Waals surface area (Å²) in [5, 5.41) is 4.23. The third-order valence-electron chi connectivity index (χ3n) is 2.90. The van der Waals surface area contributed by atoms with E-state index in [1.54, 1.807) is 0 Å². The Morgan fingerprint density at radius 3 is 2.19 bits per heavy atom. The van der Waals surface area contributed by atoms with Crippen molar-refractivity contribution in [3.8, 4) is 0 Å². The molecule has 1 unspecified atom stereocenters. The summed E-state index contributed by atoms with van der Waals surface area (Å²) >= 11 is 0. The highest BCUT2D eigenvalue weighted by atomic mass is 19.4. The average Bonchev–Trinajstić information content (AvgIpc) is 2.34. The van der Waals surface area contributed by atoms with Gasteiger partial charge < -0.3 is 16.4 Å². The molecule has 1 aliphatic rings. The number of benzene rings is 1. The highest BCUT2D eigenvalue weighted by Gasteiger charge is 2.41. The number of carbonyl (C=O) groups excluding carboxylic acids is 1. The molecule has 116 valence electrons. The first-order valence-electron chi connectivity index (χ1n) is 5.64. The minimum Gasteiger partial charge on any atom is -0.370 e. The number of fused-ring (bicyclic) bond motifs is 1. The monoisotopic (exact) mass is 313 g/mol. The van der Waals surface area contributed by atoms with Gasteiger partial charge in [0.15, 0.2) is 0 Å². The van der Waals surface area contributed by atoms with Crippen LogP contribution in [0.3, 0.4) is 0 Å². The zero-order valence-electron chi connectivity index (χ0n) is 10.2. The van der Waals surface area contributed by atoms with Gasteiger partial charge in [-0.15, -0.1) is 0 Å². The fourth-order valence-corrected chi connectivity index (χ4v) is 1.91. The van der Waals surface area contributed by atoms with Crippen molar-refractivity contribution in [2.24, 2.45) is 5.73 Å². The van der Waals surface area contributed by atoms with Crippen LogP contribution in [-0.2, 0) is 17.1 Å². The molecule has 0 radical (unpaired) electrons. The van der Waals surface area contributed by atoms with Crippen LogP contribution in [0.2, 0.25) is 0 Å². The maximum atomic E-state index is 12.9. The van der Waals surface area contributed by atoms with E-state index in [1.807, 2.05) is 5.32 Å². The Hall–Kier alpha value is -1.97. The number of halogens is 6. The highest BCUT2D eigenvalue weighted by Crippen LogP contribution is 2.44. The Labute approximate surface area is 114 Å². The number of nitrogens with two attached hydrogens (primary N) is 1. The largest absolute Gasteiger partial charge is 0.418 e. The molecule has 1 aromatic carbocycles. The van der Waals surface area contributed by atoms with E-state index in [1.165, 1.54) is 0 Å². The molecule has 21 heavy (non-hydrogen) atoms. The molecule has 1 heterocycles. The second-order valence-corrected chi connectivity index (χ2v) is 4.36. The molecule has 0 saturated heterocycles. The van der Waals surface area contributed by atoms with Gasteiger partial charge in [-0.1, -0.05) is 0 Å². The van der Waals surface area contributed by atoms with Gasteiger partial charge in [0, 0.05) is 6.54 Å². The molecule has 0 aliphatic carbocycles. The number of hydrogen-bond donors (Lipinski definition) is 3. The Morgan fingerprint density at radius 1 is 1.10 bits per heavy atom. The minimum absolute atomic E-state index is 0.00309. The molecule has 1 atom stereocenters. The standard InChI is InChI=1S/C11H9F6N3O/c12-10(13,14)4-1-5(11(15,16)17)8-6(2-4)20-9(21)7(3-18)19-8/h1-2,7,19H,3,18H2,(H,20,21). The first-order valence-corrected chi connectivity index (χ1v) is 5.64. The number of hydrogen-bond acceptors (Lipinski definition) is 3. The molecule has 2 rings (SSSR count). The predicted octanol–water partition coefficient (Wildman–Crippen LogP) is 2.42. The van der Waals surface area contributed by atoms with E-state index in [9.17, 15) is 31.1 Å². The van der Waals surface area contributed by atoms with Gasteiger partial charge in [-0.25, -0.2) is 0 Å². The van der Waals surface area contributed by atoms with Crippen molar-refractivity contribution in [1.82, 2.24) is 0 Å². The number of rotatable bonds is 1. The van der Waals surface area contributed by atoms with Gasteiger partial charge in [0.05, 0.1) is 22.5 Å². The molecule has 10 heteroatoms. The summed E-state index contributed by atoms with van der Waals surface area (Å²) in [6.07, 6.45) is -9.98. The van der Waals surface area contributed by atoms with Gasteiger partial charge >= 0.3 is 12.4 Å². The zero-order valence-corrected chi connectivity index (χ0v) is 10.2. The lowest BCUT2D eigenvalue weighted by molar-refractivity contribution is -0.142. The fourth-order valence-electron chi connectivity index (χ4n) is 1.91. The lowest BCUT2D eigenvalue weighted by Gasteiger charge is -2.29. The molecule has 1 amide bonds. The van der Waals surface area contributed by atoms with Crippen LogP contribution in [-0.4, -0.2) is 18.5 Å². The lowest BCUT2D eigenvalue weighted by Crippen LogP contribution is -2.44. The van der Waals surface area contributed by atoms with Crippen LogP contribution >= 0.6 is 0 Å². The smallest absolute Gasteiger partial charge is 0.370 e. The number of amides is 1. The normalized spacial score (nSPS) is 18.8. The molecule has 4 nitrogen and oxygen atoms in total. The van der Waals surface area contributed by atoms with Crippen molar-refractivity contribution in [2.45, 2.75) is 18.4 Å². The van der Waals surface area contributed by atoms with Crippen molar-refractivity contribution in [1.29, 1.82) is 0 Å². The molecule has 1 aliphatic heterocycles. The summed E-state index contributed by atoms with van der Waals surface area (Å²) in [4.78, 5) is 11.5. The van der Waals surface area contributed by atoms with E-state index in [0.717, 1.165) is 0 Å². The predicted molar refractivity (Wildman–Crippen MR) is 61.5 cm³/mol. The van der Waals surface area contributed by atoms with Gasteiger partial charge in [-0.05, 0) is 12.1 Å². The van der Waals surface area contributed by atoms with Crippen LogP contribution in [0, 0.1) is 0 Å². The van der Waals surface area contributed by atoms with E-state index >= 15 is 0 Å². The van der Waals surface area contributed by atoms with Gasteiger partial charge in [0.1, 0.15) is 6.04 Å². The van der Waals surface area contributed by atoms with Gasteiger partial charge in [-0.2, -0.15) is 26.3 Å². The second-order valence-electron chi connectivity index (χ2n) is 4.36. The average molecular weight is 313 g/mol. The van der Waals surface area contributed by atoms with Crippen LogP contribution in [0.5, 0.6) is 0 Å². The van der Waals surface area contributed by atoms with Crippen molar-refractivity contribution < 1.29 is 31.1 Å². The van der Waals surface area contributed by atoms with Gasteiger partial charge in [0.2, 0.25) is 5.91 Å². The van der Waals surface area contributed by atoms with E-state index in [2.05, 4.69) is 5.32 Å². The number of carbonyl (C=O) groups is 1. The Kier molecular flexibility index (Phi) is 3.52.